The number of rotatable bonds is 7. The molecule has 0 fully saturated rings. The van der Waals surface area contributed by atoms with Gasteiger partial charge in [-0.3, -0.25) is 20.4 Å². The van der Waals surface area contributed by atoms with Gasteiger partial charge >= 0.3 is 0 Å². The van der Waals surface area contributed by atoms with Crippen LogP contribution in [0.4, 0.5) is 0 Å². The van der Waals surface area contributed by atoms with Crippen molar-refractivity contribution in [3.05, 3.63) is 46.7 Å². The highest BCUT2D eigenvalue weighted by Gasteiger charge is 2.15. The summed E-state index contributed by atoms with van der Waals surface area (Å²) in [5.74, 6) is 0.922. The van der Waals surface area contributed by atoms with Crippen LogP contribution < -0.4 is 15.6 Å². The molecule has 0 bridgehead atoms. The number of carbonyl (C=O) groups is 2. The van der Waals surface area contributed by atoms with E-state index >= 15 is 0 Å². The zero-order valence-corrected chi connectivity index (χ0v) is 17.0. The summed E-state index contributed by atoms with van der Waals surface area (Å²) in [6.07, 6.45) is 0. The Bertz CT molecular complexity index is 939. The second-order valence-electron chi connectivity index (χ2n) is 5.55. The van der Waals surface area contributed by atoms with Gasteiger partial charge in [-0.05, 0) is 42.6 Å². The molecule has 1 aromatic carbocycles. The fraction of sp³-hybridized carbons (Fsp3) is 0.222. The number of nitrogens with zero attached hydrogens (tertiary/aromatic N) is 3. The van der Waals surface area contributed by atoms with Gasteiger partial charge in [-0.25, -0.2) is 0 Å². The van der Waals surface area contributed by atoms with Gasteiger partial charge in [0.15, 0.2) is 11.0 Å². The molecule has 2 amide bonds. The molecule has 2 N–H and O–H groups in total. The summed E-state index contributed by atoms with van der Waals surface area (Å²) in [7, 11) is 1.62. The van der Waals surface area contributed by atoms with Gasteiger partial charge in [0.25, 0.3) is 5.91 Å². The molecule has 0 aliphatic rings. The first-order valence-electron chi connectivity index (χ1n) is 8.45. The van der Waals surface area contributed by atoms with E-state index in [4.69, 9.17) is 4.74 Å². The first-order chi connectivity index (χ1) is 13.6. The van der Waals surface area contributed by atoms with E-state index in [0.717, 1.165) is 17.1 Å². The summed E-state index contributed by atoms with van der Waals surface area (Å²) in [5.41, 5.74) is 5.71. The molecule has 0 saturated carbocycles. The van der Waals surface area contributed by atoms with E-state index in [9.17, 15) is 9.59 Å². The van der Waals surface area contributed by atoms with Gasteiger partial charge in [-0.15, -0.1) is 21.5 Å². The summed E-state index contributed by atoms with van der Waals surface area (Å²) >= 11 is 2.56. The fourth-order valence-electron chi connectivity index (χ4n) is 2.40. The Morgan fingerprint density at radius 3 is 2.61 bits per heavy atom. The Hall–Kier alpha value is -2.85. The molecule has 2 heterocycles. The number of hydrazine groups is 1. The predicted molar refractivity (Wildman–Crippen MR) is 108 cm³/mol. The van der Waals surface area contributed by atoms with Crippen LogP contribution in [-0.4, -0.2) is 39.4 Å². The predicted octanol–water partition coefficient (Wildman–Crippen LogP) is 2.59. The SMILES string of the molecule is CCn1c(SCC(=O)NNC(=O)c2cccs2)nnc1-c1ccc(OC)cc1. The quantitative estimate of drug-likeness (QED) is 0.453. The Morgan fingerprint density at radius 2 is 1.96 bits per heavy atom. The van der Waals surface area contributed by atoms with Crippen LogP contribution >= 0.6 is 23.1 Å². The number of methoxy groups -OCH3 is 1. The van der Waals surface area contributed by atoms with Crippen LogP contribution in [0.5, 0.6) is 5.75 Å². The van der Waals surface area contributed by atoms with E-state index in [1.807, 2.05) is 35.8 Å². The number of ether oxygens (including phenoxy) is 1. The molecule has 0 radical (unpaired) electrons. The number of benzene rings is 1. The van der Waals surface area contributed by atoms with Crippen molar-refractivity contribution in [1.29, 1.82) is 0 Å². The average Bonchev–Trinajstić information content (AvgIpc) is 3.40. The molecule has 0 saturated heterocycles. The van der Waals surface area contributed by atoms with Crippen LogP contribution in [0.1, 0.15) is 16.6 Å². The topological polar surface area (TPSA) is 98.1 Å². The number of hydrogen-bond donors (Lipinski definition) is 2. The monoisotopic (exact) mass is 417 g/mol. The number of thiophene rings is 1. The van der Waals surface area contributed by atoms with E-state index in [-0.39, 0.29) is 17.6 Å². The maximum atomic E-state index is 12.0. The maximum Gasteiger partial charge on any atom is 0.279 e. The highest BCUT2D eigenvalue weighted by Crippen LogP contribution is 2.25. The van der Waals surface area contributed by atoms with Crippen molar-refractivity contribution < 1.29 is 14.3 Å². The van der Waals surface area contributed by atoms with E-state index in [1.165, 1.54) is 23.1 Å². The second kappa shape index (κ2) is 9.38. The number of hydrogen-bond acceptors (Lipinski definition) is 7. The minimum atomic E-state index is -0.341. The number of amides is 2. The van der Waals surface area contributed by atoms with Crippen molar-refractivity contribution in [3.8, 4) is 17.1 Å². The molecule has 0 atom stereocenters. The van der Waals surface area contributed by atoms with Gasteiger partial charge in [0.2, 0.25) is 5.91 Å². The second-order valence-corrected chi connectivity index (χ2v) is 7.44. The summed E-state index contributed by atoms with van der Waals surface area (Å²) in [6.45, 7) is 2.65. The van der Waals surface area contributed by atoms with Crippen molar-refractivity contribution in [3.63, 3.8) is 0 Å². The normalized spacial score (nSPS) is 10.5. The number of nitrogens with one attached hydrogen (secondary N) is 2. The average molecular weight is 418 g/mol. The smallest absolute Gasteiger partial charge is 0.279 e. The molecule has 28 heavy (non-hydrogen) atoms. The van der Waals surface area contributed by atoms with Crippen LogP contribution in [0.3, 0.4) is 0 Å². The molecule has 2 aromatic heterocycles. The molecular weight excluding hydrogens is 398 g/mol. The lowest BCUT2D eigenvalue weighted by molar-refractivity contribution is -0.119. The Labute approximate surface area is 170 Å². The van der Waals surface area contributed by atoms with Gasteiger partial charge in [0.1, 0.15) is 5.75 Å². The van der Waals surface area contributed by atoms with Gasteiger partial charge in [-0.2, -0.15) is 0 Å². The summed E-state index contributed by atoms with van der Waals surface area (Å²) in [4.78, 5) is 24.4. The summed E-state index contributed by atoms with van der Waals surface area (Å²) in [6, 6.07) is 11.0. The third kappa shape index (κ3) is 4.70. The van der Waals surface area contributed by atoms with Crippen molar-refractivity contribution in [2.24, 2.45) is 0 Å². The molecule has 0 spiro atoms. The van der Waals surface area contributed by atoms with Crippen LogP contribution in [0.2, 0.25) is 0 Å². The van der Waals surface area contributed by atoms with Gasteiger partial charge in [0, 0.05) is 12.1 Å². The molecule has 10 heteroatoms. The lowest BCUT2D eigenvalue weighted by Gasteiger charge is -2.08. The van der Waals surface area contributed by atoms with Crippen molar-refractivity contribution in [2.45, 2.75) is 18.6 Å². The lowest BCUT2D eigenvalue weighted by Crippen LogP contribution is -2.42. The highest BCUT2D eigenvalue weighted by molar-refractivity contribution is 7.99. The maximum absolute atomic E-state index is 12.0. The third-order valence-corrected chi connectivity index (χ3v) is 5.61. The van der Waals surface area contributed by atoms with Gasteiger partial charge in [-0.1, -0.05) is 17.8 Å². The molecule has 3 aromatic rings. The lowest BCUT2D eigenvalue weighted by atomic mass is 10.2. The summed E-state index contributed by atoms with van der Waals surface area (Å²) in [5, 5.41) is 10.9. The molecule has 146 valence electrons. The largest absolute Gasteiger partial charge is 0.497 e. The van der Waals surface area contributed by atoms with Gasteiger partial charge < -0.3 is 9.30 Å². The molecular formula is C18H19N5O3S2. The molecule has 8 nitrogen and oxygen atoms in total. The highest BCUT2D eigenvalue weighted by atomic mass is 32.2. The first kappa shape index (κ1) is 19.9. The zero-order chi connectivity index (χ0) is 19.9. The standard InChI is InChI=1S/C18H19N5O3S2/c1-3-23-16(12-6-8-13(26-2)9-7-12)20-22-18(23)28-11-15(24)19-21-17(25)14-5-4-10-27-14/h4-10H,3,11H2,1-2H3,(H,19,24)(H,21,25). The minimum absolute atomic E-state index is 0.103. The molecule has 0 aliphatic carbocycles. The van der Waals surface area contributed by atoms with Crippen LogP contribution in [-0.2, 0) is 11.3 Å². The Balaban J connectivity index is 1.59. The minimum Gasteiger partial charge on any atom is -0.497 e. The van der Waals surface area contributed by atoms with Crippen molar-refractivity contribution in [2.75, 3.05) is 12.9 Å². The molecule has 0 aliphatic heterocycles. The Morgan fingerprint density at radius 1 is 1.18 bits per heavy atom. The third-order valence-electron chi connectivity index (χ3n) is 3.77. The fourth-order valence-corrected chi connectivity index (χ4v) is 3.82. The number of aromatic nitrogens is 3. The number of carbonyl (C=O) groups excluding carboxylic acids is 2. The van der Waals surface area contributed by atoms with Crippen LogP contribution in [0.15, 0.2) is 46.9 Å². The zero-order valence-electron chi connectivity index (χ0n) is 15.3. The van der Waals surface area contributed by atoms with E-state index < -0.39 is 0 Å². The van der Waals surface area contributed by atoms with E-state index in [1.54, 1.807) is 24.6 Å². The number of thioether (sulfide) groups is 1. The van der Waals surface area contributed by atoms with Crippen molar-refractivity contribution in [1.82, 2.24) is 25.6 Å². The molecule has 0 unspecified atom stereocenters. The van der Waals surface area contributed by atoms with E-state index in [0.29, 0.717) is 16.6 Å². The van der Waals surface area contributed by atoms with Crippen molar-refractivity contribution >= 4 is 34.9 Å². The van der Waals surface area contributed by atoms with Gasteiger partial charge in [0.05, 0.1) is 17.7 Å². The van der Waals surface area contributed by atoms with Crippen LogP contribution in [0, 0.1) is 0 Å². The first-order valence-corrected chi connectivity index (χ1v) is 10.3. The van der Waals surface area contributed by atoms with E-state index in [2.05, 4.69) is 21.0 Å². The van der Waals surface area contributed by atoms with Crippen LogP contribution in [0.25, 0.3) is 11.4 Å². The summed E-state index contributed by atoms with van der Waals surface area (Å²) < 4.78 is 7.11. The molecule has 3 rings (SSSR count). The Kier molecular flexibility index (Phi) is 6.66.